The van der Waals surface area contributed by atoms with Crippen LogP contribution in [0.5, 0.6) is 0 Å². The van der Waals surface area contributed by atoms with E-state index in [0.717, 1.165) is 52.4 Å². The molecule has 0 radical (unpaired) electrons. The van der Waals surface area contributed by atoms with Gasteiger partial charge in [-0.2, -0.15) is 0 Å². The van der Waals surface area contributed by atoms with Crippen LogP contribution >= 0.6 is 0 Å². The van der Waals surface area contributed by atoms with Crippen LogP contribution in [0.15, 0.2) is 0 Å². The Morgan fingerprint density at radius 1 is 0.438 bits per heavy atom. The molecule has 0 aromatic carbocycles. The van der Waals surface area contributed by atoms with Gasteiger partial charge in [0.15, 0.2) is 0 Å². The van der Waals surface area contributed by atoms with Gasteiger partial charge in [-0.05, 0) is 25.9 Å². The van der Waals surface area contributed by atoms with Gasteiger partial charge in [-0.15, -0.1) is 0 Å². The molecule has 0 bridgehead atoms. The van der Waals surface area contributed by atoms with E-state index in [0.29, 0.717) is 0 Å². The fourth-order valence-corrected chi connectivity index (χ4v) is 1.38. The van der Waals surface area contributed by atoms with Gasteiger partial charge in [0.2, 0.25) is 0 Å². The largest absolute Gasteiger partial charge is 0.315 e. The third kappa shape index (κ3) is 13.8. The number of nitrogens with one attached hydrogen (secondary N) is 4. The minimum absolute atomic E-state index is 1.06. The molecule has 0 rings (SSSR count). The smallest absolute Gasteiger partial charge is 0.00772 e. The molecule has 0 aromatic heterocycles. The number of rotatable bonds is 13. The highest BCUT2D eigenvalue weighted by atomic mass is 15.0. The Bertz CT molecular complexity index is 106. The SMILES string of the molecule is CCCNCCNCCNCCNCCC. The van der Waals surface area contributed by atoms with Crippen LogP contribution < -0.4 is 21.3 Å². The molecule has 0 spiro atoms. The Balaban J connectivity index is 2.83. The van der Waals surface area contributed by atoms with Gasteiger partial charge >= 0.3 is 0 Å². The van der Waals surface area contributed by atoms with Crippen molar-refractivity contribution < 1.29 is 0 Å². The van der Waals surface area contributed by atoms with Gasteiger partial charge in [-0.1, -0.05) is 13.8 Å². The van der Waals surface area contributed by atoms with Crippen LogP contribution in [0.2, 0.25) is 0 Å². The van der Waals surface area contributed by atoms with Crippen LogP contribution in [-0.4, -0.2) is 52.4 Å². The van der Waals surface area contributed by atoms with Crippen LogP contribution in [-0.2, 0) is 0 Å². The van der Waals surface area contributed by atoms with Crippen molar-refractivity contribution in [2.75, 3.05) is 52.4 Å². The molecule has 0 aliphatic rings. The lowest BCUT2D eigenvalue weighted by Gasteiger charge is -2.07. The van der Waals surface area contributed by atoms with E-state index < -0.39 is 0 Å². The molecule has 0 heterocycles. The quantitative estimate of drug-likeness (QED) is 0.341. The highest BCUT2D eigenvalue weighted by molar-refractivity contribution is 4.55. The van der Waals surface area contributed by atoms with Crippen molar-refractivity contribution in [3.05, 3.63) is 0 Å². The maximum absolute atomic E-state index is 3.40. The fourth-order valence-electron chi connectivity index (χ4n) is 1.38. The third-order valence-corrected chi connectivity index (χ3v) is 2.29. The van der Waals surface area contributed by atoms with Crippen molar-refractivity contribution in [1.82, 2.24) is 21.3 Å². The average molecular weight is 230 g/mol. The van der Waals surface area contributed by atoms with Gasteiger partial charge in [0.25, 0.3) is 0 Å². The van der Waals surface area contributed by atoms with E-state index >= 15 is 0 Å². The predicted octanol–water partition coefficient (Wildman–Crippen LogP) is 0.165. The van der Waals surface area contributed by atoms with Crippen LogP contribution in [0.3, 0.4) is 0 Å². The summed E-state index contributed by atoms with van der Waals surface area (Å²) in [4.78, 5) is 0. The number of hydrogen-bond donors (Lipinski definition) is 4. The molecule has 4 N–H and O–H groups in total. The summed E-state index contributed by atoms with van der Waals surface area (Å²) < 4.78 is 0. The third-order valence-electron chi connectivity index (χ3n) is 2.29. The van der Waals surface area contributed by atoms with Crippen molar-refractivity contribution in [1.29, 1.82) is 0 Å². The van der Waals surface area contributed by atoms with Gasteiger partial charge in [-0.25, -0.2) is 0 Å². The lowest BCUT2D eigenvalue weighted by atomic mass is 10.4. The second-order valence-electron chi connectivity index (χ2n) is 4.00. The molecular weight excluding hydrogens is 200 g/mol. The zero-order valence-electron chi connectivity index (χ0n) is 11.1. The van der Waals surface area contributed by atoms with E-state index in [1.165, 1.54) is 12.8 Å². The standard InChI is InChI=1S/C12H30N4/c1-3-5-13-7-9-15-11-12-16-10-8-14-6-4-2/h13-16H,3-12H2,1-2H3. The summed E-state index contributed by atoms with van der Waals surface area (Å²) >= 11 is 0. The number of hydrogen-bond acceptors (Lipinski definition) is 4. The maximum Gasteiger partial charge on any atom is 0.00772 e. The van der Waals surface area contributed by atoms with E-state index in [1.54, 1.807) is 0 Å². The van der Waals surface area contributed by atoms with Crippen molar-refractivity contribution in [2.45, 2.75) is 26.7 Å². The molecule has 98 valence electrons. The molecule has 0 unspecified atom stereocenters. The summed E-state index contributed by atoms with van der Waals surface area (Å²) in [5.41, 5.74) is 0. The minimum Gasteiger partial charge on any atom is -0.315 e. The summed E-state index contributed by atoms with van der Waals surface area (Å²) in [6.07, 6.45) is 2.43. The first-order chi connectivity index (χ1) is 7.91. The molecule has 0 saturated heterocycles. The molecule has 16 heavy (non-hydrogen) atoms. The molecule has 4 heteroatoms. The lowest BCUT2D eigenvalue weighted by molar-refractivity contribution is 0.564. The second-order valence-corrected chi connectivity index (χ2v) is 4.00. The zero-order chi connectivity index (χ0) is 11.9. The summed E-state index contributed by atoms with van der Waals surface area (Å²) in [5.74, 6) is 0. The molecule has 0 atom stereocenters. The van der Waals surface area contributed by atoms with Gasteiger partial charge in [0.1, 0.15) is 0 Å². The summed E-state index contributed by atoms with van der Waals surface area (Å²) in [5, 5.41) is 13.5. The Labute approximate surface area is 101 Å². The average Bonchev–Trinajstić information content (AvgIpc) is 2.31. The molecule has 0 aromatic rings. The van der Waals surface area contributed by atoms with Crippen LogP contribution in [0.25, 0.3) is 0 Å². The monoisotopic (exact) mass is 230 g/mol. The van der Waals surface area contributed by atoms with Crippen LogP contribution in [0.4, 0.5) is 0 Å². The Morgan fingerprint density at radius 2 is 0.688 bits per heavy atom. The molecule has 0 saturated carbocycles. The first kappa shape index (κ1) is 15.8. The van der Waals surface area contributed by atoms with E-state index in [4.69, 9.17) is 0 Å². The van der Waals surface area contributed by atoms with Crippen molar-refractivity contribution in [3.63, 3.8) is 0 Å². The van der Waals surface area contributed by atoms with Crippen LogP contribution in [0, 0.1) is 0 Å². The van der Waals surface area contributed by atoms with Gasteiger partial charge < -0.3 is 21.3 Å². The Morgan fingerprint density at radius 3 is 0.938 bits per heavy atom. The van der Waals surface area contributed by atoms with Crippen molar-refractivity contribution >= 4 is 0 Å². The summed E-state index contributed by atoms with van der Waals surface area (Å²) in [6, 6.07) is 0. The van der Waals surface area contributed by atoms with E-state index in [9.17, 15) is 0 Å². The molecule has 0 fully saturated rings. The topological polar surface area (TPSA) is 48.1 Å². The van der Waals surface area contributed by atoms with Crippen molar-refractivity contribution in [3.8, 4) is 0 Å². The summed E-state index contributed by atoms with van der Waals surface area (Å²) in [7, 11) is 0. The first-order valence-electron chi connectivity index (χ1n) is 6.74. The van der Waals surface area contributed by atoms with E-state index in [2.05, 4.69) is 35.1 Å². The zero-order valence-corrected chi connectivity index (χ0v) is 11.1. The van der Waals surface area contributed by atoms with E-state index in [1.807, 2.05) is 0 Å². The highest BCUT2D eigenvalue weighted by Gasteiger charge is 1.88. The van der Waals surface area contributed by atoms with E-state index in [-0.39, 0.29) is 0 Å². The molecule has 0 aliphatic heterocycles. The van der Waals surface area contributed by atoms with Gasteiger partial charge in [0.05, 0.1) is 0 Å². The molecular formula is C12H30N4. The molecule has 4 nitrogen and oxygen atoms in total. The lowest BCUT2D eigenvalue weighted by Crippen LogP contribution is -2.35. The normalized spacial score (nSPS) is 10.9. The predicted molar refractivity (Wildman–Crippen MR) is 72.1 cm³/mol. The Kier molecular flexibility index (Phi) is 14.7. The van der Waals surface area contributed by atoms with Gasteiger partial charge in [-0.3, -0.25) is 0 Å². The Hall–Kier alpha value is -0.160. The maximum atomic E-state index is 3.40. The molecule has 0 aliphatic carbocycles. The second kappa shape index (κ2) is 14.8. The summed E-state index contributed by atoms with van der Waals surface area (Å²) in [6.45, 7) is 13.0. The first-order valence-corrected chi connectivity index (χ1v) is 6.74. The van der Waals surface area contributed by atoms with Crippen LogP contribution in [0.1, 0.15) is 26.7 Å². The van der Waals surface area contributed by atoms with Crippen molar-refractivity contribution in [2.24, 2.45) is 0 Å². The highest BCUT2D eigenvalue weighted by Crippen LogP contribution is 1.69. The minimum atomic E-state index is 1.06. The fraction of sp³-hybridized carbons (Fsp3) is 1.00. The van der Waals surface area contributed by atoms with Gasteiger partial charge in [0, 0.05) is 39.3 Å². The molecule has 0 amide bonds.